The van der Waals surface area contributed by atoms with Crippen LogP contribution in [0.2, 0.25) is 0 Å². The fourth-order valence-electron chi connectivity index (χ4n) is 4.25. The molecule has 1 fully saturated rings. The molecule has 1 saturated heterocycles. The molecule has 3 heterocycles. The Bertz CT molecular complexity index is 790. The van der Waals surface area contributed by atoms with E-state index in [1.54, 1.807) is 0 Å². The molecule has 4 nitrogen and oxygen atoms in total. The number of aromatic amines is 1. The molecule has 0 bridgehead atoms. The van der Waals surface area contributed by atoms with E-state index < -0.39 is 0 Å². The predicted molar refractivity (Wildman–Crippen MR) is 90.2 cm³/mol. The lowest BCUT2D eigenvalue weighted by Gasteiger charge is -2.43. The molecule has 4 heteroatoms. The van der Waals surface area contributed by atoms with Gasteiger partial charge >= 0.3 is 5.97 Å². The molecule has 0 amide bonds. The molecule has 2 aliphatic rings. The summed E-state index contributed by atoms with van der Waals surface area (Å²) in [5.74, 6) is -0.238. The van der Waals surface area contributed by atoms with Crippen molar-refractivity contribution >= 4 is 16.9 Å². The second kappa shape index (κ2) is 5.53. The van der Waals surface area contributed by atoms with Gasteiger partial charge in [0.2, 0.25) is 0 Å². The number of carbonyl (C=O) groups is 1. The Balaban J connectivity index is 1.84. The third-order valence-corrected chi connectivity index (χ3v) is 5.37. The summed E-state index contributed by atoms with van der Waals surface area (Å²) < 4.78 is 5.11. The van der Waals surface area contributed by atoms with Crippen molar-refractivity contribution in [2.24, 2.45) is 5.92 Å². The molecule has 0 unspecified atom stereocenters. The van der Waals surface area contributed by atoms with Gasteiger partial charge in [-0.05, 0) is 31.4 Å². The molecule has 120 valence electrons. The van der Waals surface area contributed by atoms with Crippen LogP contribution in [0.15, 0.2) is 35.9 Å². The number of rotatable bonds is 1. The molecule has 2 aromatic rings. The Hall–Kier alpha value is -2.07. The van der Waals surface area contributed by atoms with Gasteiger partial charge in [-0.15, -0.1) is 0 Å². The predicted octanol–water partition coefficient (Wildman–Crippen LogP) is 3.21. The van der Waals surface area contributed by atoms with Gasteiger partial charge in [0.25, 0.3) is 0 Å². The van der Waals surface area contributed by atoms with Crippen molar-refractivity contribution in [1.29, 1.82) is 0 Å². The van der Waals surface area contributed by atoms with Gasteiger partial charge in [0.15, 0.2) is 0 Å². The Labute approximate surface area is 136 Å². The summed E-state index contributed by atoms with van der Waals surface area (Å²) in [6.45, 7) is 4.00. The number of allylic oxidation sites excluding steroid dienone is 1. The minimum atomic E-state index is -0.132. The number of nitrogens with zero attached hydrogens (tertiary/aromatic N) is 1. The van der Waals surface area contributed by atoms with Crippen molar-refractivity contribution < 1.29 is 9.53 Å². The second-order valence-corrected chi connectivity index (χ2v) is 6.51. The van der Waals surface area contributed by atoms with Crippen molar-refractivity contribution in [3.8, 4) is 0 Å². The Morgan fingerprint density at radius 2 is 2.22 bits per heavy atom. The Morgan fingerprint density at radius 1 is 1.39 bits per heavy atom. The van der Waals surface area contributed by atoms with Gasteiger partial charge in [-0.3, -0.25) is 9.69 Å². The molecule has 2 atom stereocenters. The normalized spacial score (nSPS) is 26.1. The zero-order valence-corrected chi connectivity index (χ0v) is 13.6. The number of nitrogens with one attached hydrogen (secondary N) is 1. The van der Waals surface area contributed by atoms with Crippen LogP contribution in [0.25, 0.3) is 10.9 Å². The van der Waals surface area contributed by atoms with E-state index in [0.717, 1.165) is 25.9 Å². The van der Waals surface area contributed by atoms with Gasteiger partial charge in [-0.1, -0.05) is 29.8 Å². The molecule has 0 aliphatic carbocycles. The average molecular weight is 310 g/mol. The number of hydrogen-bond donors (Lipinski definition) is 1. The van der Waals surface area contributed by atoms with E-state index >= 15 is 0 Å². The number of aromatic nitrogens is 1. The zero-order valence-electron chi connectivity index (χ0n) is 13.6. The lowest BCUT2D eigenvalue weighted by Crippen LogP contribution is -2.46. The molecule has 0 saturated carbocycles. The third-order valence-electron chi connectivity index (χ3n) is 5.37. The lowest BCUT2D eigenvalue weighted by molar-refractivity contribution is -0.149. The maximum atomic E-state index is 12.4. The highest BCUT2D eigenvalue weighted by Crippen LogP contribution is 2.44. The van der Waals surface area contributed by atoms with Crippen molar-refractivity contribution in [2.45, 2.75) is 25.8 Å². The molecule has 1 N–H and O–H groups in total. The van der Waals surface area contributed by atoms with Crippen molar-refractivity contribution in [2.75, 3.05) is 20.2 Å². The van der Waals surface area contributed by atoms with E-state index in [4.69, 9.17) is 4.74 Å². The second-order valence-electron chi connectivity index (χ2n) is 6.51. The van der Waals surface area contributed by atoms with Crippen LogP contribution >= 0.6 is 0 Å². The topological polar surface area (TPSA) is 45.3 Å². The van der Waals surface area contributed by atoms with Crippen LogP contribution in [0.1, 0.15) is 30.6 Å². The summed E-state index contributed by atoms with van der Waals surface area (Å²) in [6.07, 6.45) is 3.97. The van der Waals surface area contributed by atoms with Crippen LogP contribution in [-0.2, 0) is 16.0 Å². The first kappa shape index (κ1) is 14.5. The number of para-hydroxylation sites is 1. The van der Waals surface area contributed by atoms with Gasteiger partial charge < -0.3 is 9.72 Å². The first-order chi connectivity index (χ1) is 11.2. The van der Waals surface area contributed by atoms with Gasteiger partial charge in [0.05, 0.1) is 19.1 Å². The summed E-state index contributed by atoms with van der Waals surface area (Å²) in [7, 11) is 1.49. The van der Waals surface area contributed by atoms with Crippen LogP contribution in [0.3, 0.4) is 0 Å². The molecular weight excluding hydrogens is 288 g/mol. The number of carbonyl (C=O) groups excluding carboxylic acids is 1. The van der Waals surface area contributed by atoms with Crippen molar-refractivity contribution in [3.63, 3.8) is 0 Å². The molecule has 0 radical (unpaired) electrons. The van der Waals surface area contributed by atoms with Gasteiger partial charge in [0, 0.05) is 29.7 Å². The number of fused-ring (bicyclic) bond motifs is 5. The number of methoxy groups -OCH3 is 1. The maximum absolute atomic E-state index is 12.4. The Kier molecular flexibility index (Phi) is 3.49. The molecule has 2 aliphatic heterocycles. The number of benzene rings is 1. The van der Waals surface area contributed by atoms with Crippen LogP contribution in [0.4, 0.5) is 0 Å². The molecule has 23 heavy (non-hydrogen) atoms. The number of hydrogen-bond acceptors (Lipinski definition) is 3. The number of piperidine rings is 1. The highest BCUT2D eigenvalue weighted by molar-refractivity contribution is 5.85. The Morgan fingerprint density at radius 3 is 3.00 bits per heavy atom. The highest BCUT2D eigenvalue weighted by Gasteiger charge is 2.43. The molecule has 1 aromatic heterocycles. The van der Waals surface area contributed by atoms with Gasteiger partial charge in [0.1, 0.15) is 0 Å². The lowest BCUT2D eigenvalue weighted by atomic mass is 9.80. The first-order valence-electron chi connectivity index (χ1n) is 8.28. The average Bonchev–Trinajstić information content (AvgIpc) is 2.98. The maximum Gasteiger partial charge on any atom is 0.310 e. The monoisotopic (exact) mass is 310 g/mol. The standard InChI is InChI=1S/C19H22N2O2/c1-3-12-10-15(19(22)23-2)18-17-14(8-9-21(18)11-12)13-6-4-5-7-16(13)20-17/h3-7,15,18,20H,8-11H2,1-2H3/b12-3-/t15-,18+/m0/s1. The molecular formula is C19H22N2O2. The summed E-state index contributed by atoms with van der Waals surface area (Å²) in [4.78, 5) is 18.4. The fourth-order valence-corrected chi connectivity index (χ4v) is 4.25. The van der Waals surface area contributed by atoms with Crippen molar-refractivity contribution in [1.82, 2.24) is 9.88 Å². The zero-order chi connectivity index (χ0) is 16.0. The van der Waals surface area contributed by atoms with E-state index in [1.165, 1.54) is 34.8 Å². The minimum absolute atomic E-state index is 0.0994. The van der Waals surface area contributed by atoms with Crippen LogP contribution in [-0.4, -0.2) is 36.1 Å². The third kappa shape index (κ3) is 2.20. The van der Waals surface area contributed by atoms with Gasteiger partial charge in [-0.25, -0.2) is 0 Å². The molecule has 0 spiro atoms. The fraction of sp³-hybridized carbons (Fsp3) is 0.421. The van der Waals surface area contributed by atoms with E-state index in [9.17, 15) is 4.79 Å². The van der Waals surface area contributed by atoms with Crippen LogP contribution in [0, 0.1) is 5.92 Å². The summed E-state index contributed by atoms with van der Waals surface area (Å²) >= 11 is 0. The van der Waals surface area contributed by atoms with E-state index in [0.29, 0.717) is 0 Å². The summed E-state index contributed by atoms with van der Waals surface area (Å²) in [5, 5.41) is 1.29. The molecule has 1 aromatic carbocycles. The minimum Gasteiger partial charge on any atom is -0.469 e. The van der Waals surface area contributed by atoms with E-state index in [1.807, 2.05) is 0 Å². The molecule has 4 rings (SSSR count). The van der Waals surface area contributed by atoms with Gasteiger partial charge in [-0.2, -0.15) is 0 Å². The van der Waals surface area contributed by atoms with Crippen LogP contribution in [0.5, 0.6) is 0 Å². The van der Waals surface area contributed by atoms with E-state index in [2.05, 4.69) is 47.1 Å². The smallest absolute Gasteiger partial charge is 0.310 e. The summed E-state index contributed by atoms with van der Waals surface area (Å²) in [6, 6.07) is 8.53. The SMILES string of the molecule is C/C=C1/C[C@H](C(=O)OC)[C@@H]2c3[nH]c4ccccc4c3CCN2C1. The number of esters is 1. The van der Waals surface area contributed by atoms with Crippen LogP contribution < -0.4 is 0 Å². The number of ether oxygens (including phenoxy) is 1. The quantitative estimate of drug-likeness (QED) is 0.650. The summed E-state index contributed by atoms with van der Waals surface area (Å²) in [5.41, 5.74) is 5.08. The largest absolute Gasteiger partial charge is 0.469 e. The first-order valence-corrected chi connectivity index (χ1v) is 8.28. The highest BCUT2D eigenvalue weighted by atomic mass is 16.5. The number of H-pyrrole nitrogens is 1. The van der Waals surface area contributed by atoms with Crippen molar-refractivity contribution in [3.05, 3.63) is 47.2 Å². The van der Waals surface area contributed by atoms with E-state index in [-0.39, 0.29) is 17.9 Å².